The van der Waals surface area contributed by atoms with Crippen LogP contribution in [0.1, 0.15) is 0 Å². The third-order valence-electron chi connectivity index (χ3n) is 2.00. The fourth-order valence-electron chi connectivity index (χ4n) is 1.30. The van der Waals surface area contributed by atoms with Crippen LogP contribution in [-0.2, 0) is 9.47 Å². The highest BCUT2D eigenvalue weighted by atomic mass is 35.5. The molecule has 1 saturated heterocycles. The number of hydrogen-bond acceptors (Lipinski definition) is 5. The summed E-state index contributed by atoms with van der Waals surface area (Å²) in [4.78, 5) is 7.97. The van der Waals surface area contributed by atoms with E-state index < -0.39 is 0 Å². The molecule has 1 atom stereocenters. The number of nitrogens with one attached hydrogen (secondary N) is 1. The van der Waals surface area contributed by atoms with Crippen molar-refractivity contribution >= 4 is 17.4 Å². The van der Waals surface area contributed by atoms with Crippen molar-refractivity contribution in [3.8, 4) is 0 Å². The Balaban J connectivity index is 1.81. The third-order valence-corrected chi connectivity index (χ3v) is 2.18. The van der Waals surface area contributed by atoms with Gasteiger partial charge in [-0.05, 0) is 0 Å². The van der Waals surface area contributed by atoms with E-state index in [1.54, 1.807) is 6.20 Å². The Labute approximate surface area is 92.8 Å². The molecular formula is C9H12ClN3O2. The smallest absolute Gasteiger partial charge is 0.149 e. The van der Waals surface area contributed by atoms with Gasteiger partial charge in [0.25, 0.3) is 0 Å². The summed E-state index contributed by atoms with van der Waals surface area (Å²) < 4.78 is 10.7. The van der Waals surface area contributed by atoms with Gasteiger partial charge in [-0.3, -0.25) is 4.98 Å². The zero-order valence-corrected chi connectivity index (χ0v) is 8.91. The van der Waals surface area contributed by atoms with Gasteiger partial charge in [0.2, 0.25) is 0 Å². The quantitative estimate of drug-likeness (QED) is 0.837. The Kier molecular flexibility index (Phi) is 3.71. The monoisotopic (exact) mass is 229 g/mol. The fraction of sp³-hybridized carbons (Fsp3) is 0.556. The zero-order valence-electron chi connectivity index (χ0n) is 8.15. The number of rotatable bonds is 3. The van der Waals surface area contributed by atoms with Gasteiger partial charge in [0.05, 0.1) is 38.3 Å². The van der Waals surface area contributed by atoms with E-state index in [1.807, 2.05) is 0 Å². The van der Waals surface area contributed by atoms with Crippen LogP contribution < -0.4 is 5.32 Å². The van der Waals surface area contributed by atoms with Crippen molar-refractivity contribution < 1.29 is 9.47 Å². The van der Waals surface area contributed by atoms with Crippen LogP contribution in [0.3, 0.4) is 0 Å². The lowest BCUT2D eigenvalue weighted by molar-refractivity contribution is -0.0819. The minimum atomic E-state index is 0.0690. The maximum Gasteiger partial charge on any atom is 0.149 e. The van der Waals surface area contributed by atoms with Gasteiger partial charge in [0.1, 0.15) is 11.0 Å². The van der Waals surface area contributed by atoms with Crippen molar-refractivity contribution in [3.63, 3.8) is 0 Å². The lowest BCUT2D eigenvalue weighted by Gasteiger charge is -2.23. The van der Waals surface area contributed by atoms with Crippen molar-refractivity contribution in [1.82, 2.24) is 9.97 Å². The molecule has 0 bridgehead atoms. The van der Waals surface area contributed by atoms with E-state index in [1.165, 1.54) is 6.20 Å². The van der Waals surface area contributed by atoms with Crippen LogP contribution in [0.15, 0.2) is 12.4 Å². The molecule has 1 aromatic rings. The van der Waals surface area contributed by atoms with Crippen molar-refractivity contribution in [3.05, 3.63) is 17.5 Å². The normalized spacial score (nSPS) is 21.3. The van der Waals surface area contributed by atoms with E-state index in [-0.39, 0.29) is 6.10 Å². The van der Waals surface area contributed by atoms with Crippen LogP contribution in [0.5, 0.6) is 0 Å². The standard InChI is InChI=1S/C9H12ClN3O2/c10-8-4-11-5-9(13-8)12-3-7-6-14-1-2-15-7/h4-5,7H,1-3,6H2,(H,12,13). The first-order chi connectivity index (χ1) is 7.34. The molecule has 82 valence electrons. The number of hydrogen-bond donors (Lipinski definition) is 1. The van der Waals surface area contributed by atoms with E-state index in [4.69, 9.17) is 21.1 Å². The molecule has 1 unspecified atom stereocenters. The number of anilines is 1. The van der Waals surface area contributed by atoms with Crippen LogP contribution in [0.2, 0.25) is 5.15 Å². The average molecular weight is 230 g/mol. The molecule has 2 heterocycles. The molecule has 5 nitrogen and oxygen atoms in total. The first-order valence-corrected chi connectivity index (χ1v) is 5.13. The number of ether oxygens (including phenoxy) is 2. The molecule has 15 heavy (non-hydrogen) atoms. The van der Waals surface area contributed by atoms with E-state index in [0.29, 0.717) is 37.3 Å². The lowest BCUT2D eigenvalue weighted by Crippen LogP contribution is -2.34. The summed E-state index contributed by atoms with van der Waals surface area (Å²) in [6, 6.07) is 0. The molecule has 1 N–H and O–H groups in total. The molecule has 0 aliphatic carbocycles. The molecule has 1 fully saturated rings. The van der Waals surface area contributed by atoms with Gasteiger partial charge in [-0.15, -0.1) is 0 Å². The summed E-state index contributed by atoms with van der Waals surface area (Å²) in [5.41, 5.74) is 0. The van der Waals surface area contributed by atoms with E-state index >= 15 is 0 Å². The second-order valence-corrected chi connectivity index (χ2v) is 3.56. The van der Waals surface area contributed by atoms with Crippen molar-refractivity contribution in [2.75, 3.05) is 31.7 Å². The molecule has 2 rings (SSSR count). The molecule has 1 aliphatic rings. The summed E-state index contributed by atoms with van der Waals surface area (Å²) >= 11 is 5.70. The number of aromatic nitrogens is 2. The average Bonchev–Trinajstić information content (AvgIpc) is 2.28. The third kappa shape index (κ3) is 3.30. The molecule has 0 saturated carbocycles. The predicted octanol–water partition coefficient (Wildman–Crippen LogP) is 0.957. The Morgan fingerprint density at radius 3 is 3.13 bits per heavy atom. The summed E-state index contributed by atoms with van der Waals surface area (Å²) in [7, 11) is 0. The van der Waals surface area contributed by atoms with Gasteiger partial charge in [-0.25, -0.2) is 4.98 Å². The number of nitrogens with zero attached hydrogens (tertiary/aromatic N) is 2. The summed E-state index contributed by atoms with van der Waals surface area (Å²) in [6.07, 6.45) is 3.18. The molecule has 0 spiro atoms. The van der Waals surface area contributed by atoms with Crippen molar-refractivity contribution in [1.29, 1.82) is 0 Å². The first kappa shape index (κ1) is 10.6. The van der Waals surface area contributed by atoms with Gasteiger partial charge >= 0.3 is 0 Å². The van der Waals surface area contributed by atoms with E-state index in [9.17, 15) is 0 Å². The maximum absolute atomic E-state index is 5.70. The molecular weight excluding hydrogens is 218 g/mol. The molecule has 0 aromatic carbocycles. The van der Waals surface area contributed by atoms with Gasteiger partial charge in [0.15, 0.2) is 0 Å². The molecule has 1 aliphatic heterocycles. The van der Waals surface area contributed by atoms with Crippen LogP contribution in [-0.4, -0.2) is 42.4 Å². The summed E-state index contributed by atoms with van der Waals surface area (Å²) in [5.74, 6) is 0.650. The molecule has 1 aromatic heterocycles. The largest absolute Gasteiger partial charge is 0.376 e. The fourth-order valence-corrected chi connectivity index (χ4v) is 1.45. The van der Waals surface area contributed by atoms with Gasteiger partial charge in [-0.2, -0.15) is 0 Å². The summed E-state index contributed by atoms with van der Waals surface area (Å²) in [5, 5.41) is 3.47. The van der Waals surface area contributed by atoms with E-state index in [0.717, 1.165) is 0 Å². The minimum Gasteiger partial charge on any atom is -0.376 e. The van der Waals surface area contributed by atoms with Crippen molar-refractivity contribution in [2.45, 2.75) is 6.10 Å². The highest BCUT2D eigenvalue weighted by molar-refractivity contribution is 6.29. The second-order valence-electron chi connectivity index (χ2n) is 3.18. The minimum absolute atomic E-state index is 0.0690. The van der Waals surface area contributed by atoms with Gasteiger partial charge in [0, 0.05) is 6.54 Å². The topological polar surface area (TPSA) is 56.3 Å². The SMILES string of the molecule is Clc1cncc(NCC2COCCO2)n1. The van der Waals surface area contributed by atoms with Crippen LogP contribution in [0.25, 0.3) is 0 Å². The Morgan fingerprint density at radius 1 is 1.47 bits per heavy atom. The molecule has 6 heteroatoms. The zero-order chi connectivity index (χ0) is 10.5. The van der Waals surface area contributed by atoms with Crippen LogP contribution in [0, 0.1) is 0 Å². The van der Waals surface area contributed by atoms with Crippen LogP contribution in [0.4, 0.5) is 5.82 Å². The molecule has 0 radical (unpaired) electrons. The highest BCUT2D eigenvalue weighted by Gasteiger charge is 2.13. The van der Waals surface area contributed by atoms with Gasteiger partial charge < -0.3 is 14.8 Å². The lowest BCUT2D eigenvalue weighted by atomic mass is 10.3. The maximum atomic E-state index is 5.70. The highest BCUT2D eigenvalue weighted by Crippen LogP contribution is 2.08. The summed E-state index contributed by atoms with van der Waals surface area (Å²) in [6.45, 7) is 2.58. The Hall–Kier alpha value is -0.910. The van der Waals surface area contributed by atoms with E-state index in [2.05, 4.69) is 15.3 Å². The van der Waals surface area contributed by atoms with Crippen LogP contribution >= 0.6 is 11.6 Å². The van der Waals surface area contributed by atoms with Crippen molar-refractivity contribution in [2.24, 2.45) is 0 Å². The Bertz CT molecular complexity index is 318. The van der Waals surface area contributed by atoms with Gasteiger partial charge in [-0.1, -0.05) is 11.6 Å². The second kappa shape index (κ2) is 5.25. The number of halogens is 1. The Morgan fingerprint density at radius 2 is 2.40 bits per heavy atom. The molecule has 0 amide bonds. The first-order valence-electron chi connectivity index (χ1n) is 4.75. The predicted molar refractivity (Wildman–Crippen MR) is 56.1 cm³/mol.